The molecular weight excluding hydrogens is 196 g/mol. The van der Waals surface area contributed by atoms with Crippen molar-refractivity contribution in [1.29, 1.82) is 0 Å². The van der Waals surface area contributed by atoms with Gasteiger partial charge in [-0.25, -0.2) is 4.79 Å². The maximum atomic E-state index is 10.9. The number of rotatable bonds is 3. The van der Waals surface area contributed by atoms with Gasteiger partial charge in [-0.15, -0.1) is 0 Å². The Bertz CT molecular complexity index is 515. The SMILES string of the molecule is CN(CCO)c1ccc2[nH]c(=O)oc2c1. The Morgan fingerprint density at radius 3 is 3.07 bits per heavy atom. The molecule has 2 rings (SSSR count). The van der Waals surface area contributed by atoms with E-state index in [2.05, 4.69) is 4.98 Å². The smallest absolute Gasteiger partial charge is 0.408 e. The molecule has 5 heteroatoms. The molecule has 0 aliphatic carbocycles. The van der Waals surface area contributed by atoms with Gasteiger partial charge in [0.25, 0.3) is 0 Å². The van der Waals surface area contributed by atoms with Gasteiger partial charge in [0.1, 0.15) is 0 Å². The van der Waals surface area contributed by atoms with E-state index in [1.165, 1.54) is 0 Å². The van der Waals surface area contributed by atoms with Crippen molar-refractivity contribution < 1.29 is 9.52 Å². The number of hydrogen-bond acceptors (Lipinski definition) is 4. The van der Waals surface area contributed by atoms with Gasteiger partial charge in [-0.2, -0.15) is 0 Å². The Morgan fingerprint density at radius 2 is 2.33 bits per heavy atom. The molecule has 2 aromatic rings. The van der Waals surface area contributed by atoms with Gasteiger partial charge in [0.2, 0.25) is 0 Å². The van der Waals surface area contributed by atoms with E-state index in [4.69, 9.17) is 9.52 Å². The van der Waals surface area contributed by atoms with Crippen LogP contribution in [0.2, 0.25) is 0 Å². The molecule has 1 aromatic heterocycles. The first kappa shape index (κ1) is 9.79. The van der Waals surface area contributed by atoms with E-state index >= 15 is 0 Å². The van der Waals surface area contributed by atoms with Crippen molar-refractivity contribution in [2.24, 2.45) is 0 Å². The van der Waals surface area contributed by atoms with Crippen LogP contribution in [0.25, 0.3) is 11.1 Å². The van der Waals surface area contributed by atoms with Crippen LogP contribution >= 0.6 is 0 Å². The number of aromatic nitrogens is 1. The molecule has 0 aliphatic heterocycles. The first-order chi connectivity index (χ1) is 7.20. The normalized spacial score (nSPS) is 10.8. The Balaban J connectivity index is 2.41. The second-order valence-electron chi connectivity index (χ2n) is 3.34. The van der Waals surface area contributed by atoms with E-state index in [0.29, 0.717) is 17.6 Å². The lowest BCUT2D eigenvalue weighted by atomic mass is 10.2. The highest BCUT2D eigenvalue weighted by Crippen LogP contribution is 2.18. The number of fused-ring (bicyclic) bond motifs is 1. The summed E-state index contributed by atoms with van der Waals surface area (Å²) in [5.41, 5.74) is 2.11. The van der Waals surface area contributed by atoms with Crippen molar-refractivity contribution in [2.45, 2.75) is 0 Å². The molecule has 0 saturated heterocycles. The van der Waals surface area contributed by atoms with Crippen LogP contribution in [0.3, 0.4) is 0 Å². The average molecular weight is 208 g/mol. The zero-order valence-corrected chi connectivity index (χ0v) is 8.36. The fraction of sp³-hybridized carbons (Fsp3) is 0.300. The lowest BCUT2D eigenvalue weighted by molar-refractivity contribution is 0.304. The summed E-state index contributed by atoms with van der Waals surface area (Å²) >= 11 is 0. The summed E-state index contributed by atoms with van der Waals surface area (Å²) in [6, 6.07) is 5.41. The van der Waals surface area contributed by atoms with Crippen LogP contribution in [0.5, 0.6) is 0 Å². The number of benzene rings is 1. The van der Waals surface area contributed by atoms with Crippen LogP contribution < -0.4 is 10.7 Å². The third kappa shape index (κ3) is 1.87. The maximum absolute atomic E-state index is 10.9. The molecule has 0 radical (unpaired) electrons. The highest BCUT2D eigenvalue weighted by Gasteiger charge is 2.04. The molecule has 0 aliphatic rings. The highest BCUT2D eigenvalue weighted by atomic mass is 16.4. The predicted molar refractivity (Wildman–Crippen MR) is 57.2 cm³/mol. The summed E-state index contributed by atoms with van der Waals surface area (Å²) in [7, 11) is 1.86. The van der Waals surface area contributed by atoms with Gasteiger partial charge < -0.3 is 14.4 Å². The van der Waals surface area contributed by atoms with Gasteiger partial charge in [0.15, 0.2) is 5.58 Å². The molecule has 0 saturated carbocycles. The second-order valence-corrected chi connectivity index (χ2v) is 3.34. The molecule has 0 amide bonds. The molecule has 0 fully saturated rings. The van der Waals surface area contributed by atoms with Crippen LogP contribution in [0.15, 0.2) is 27.4 Å². The fourth-order valence-electron chi connectivity index (χ4n) is 1.45. The number of anilines is 1. The molecule has 80 valence electrons. The quantitative estimate of drug-likeness (QED) is 0.772. The van der Waals surface area contributed by atoms with E-state index in [9.17, 15) is 4.79 Å². The van der Waals surface area contributed by atoms with Gasteiger partial charge in [0, 0.05) is 25.3 Å². The van der Waals surface area contributed by atoms with Gasteiger partial charge in [-0.3, -0.25) is 4.98 Å². The third-order valence-electron chi connectivity index (χ3n) is 2.28. The van der Waals surface area contributed by atoms with Crippen LogP contribution in [0, 0.1) is 0 Å². The van der Waals surface area contributed by atoms with E-state index < -0.39 is 5.76 Å². The summed E-state index contributed by atoms with van der Waals surface area (Å²) in [5, 5.41) is 8.79. The maximum Gasteiger partial charge on any atom is 0.417 e. The predicted octanol–water partition coefficient (Wildman–Crippen LogP) is 0.550. The molecular formula is C10H12N2O3. The summed E-state index contributed by atoms with van der Waals surface area (Å²) in [5.74, 6) is -0.452. The zero-order valence-electron chi connectivity index (χ0n) is 8.36. The standard InChI is InChI=1S/C10H12N2O3/c1-12(4-5-13)7-2-3-8-9(6-7)15-10(14)11-8/h2-3,6,13H,4-5H2,1H3,(H,11,14). The van der Waals surface area contributed by atoms with Crippen LogP contribution in [-0.2, 0) is 0 Å². The van der Waals surface area contributed by atoms with Crippen molar-refractivity contribution in [3.8, 4) is 0 Å². The van der Waals surface area contributed by atoms with Gasteiger partial charge in [-0.05, 0) is 12.1 Å². The Kier molecular flexibility index (Phi) is 2.47. The molecule has 5 nitrogen and oxygen atoms in total. The summed E-state index contributed by atoms with van der Waals surface area (Å²) in [6.07, 6.45) is 0. The summed E-state index contributed by atoms with van der Waals surface area (Å²) in [4.78, 5) is 15.4. The lowest BCUT2D eigenvalue weighted by Gasteiger charge is -2.17. The molecule has 15 heavy (non-hydrogen) atoms. The van der Waals surface area contributed by atoms with Crippen molar-refractivity contribution in [2.75, 3.05) is 25.1 Å². The number of aliphatic hydroxyl groups is 1. The fourth-order valence-corrected chi connectivity index (χ4v) is 1.45. The lowest BCUT2D eigenvalue weighted by Crippen LogP contribution is -2.20. The minimum absolute atomic E-state index is 0.0889. The van der Waals surface area contributed by atoms with Crippen molar-refractivity contribution >= 4 is 16.8 Å². The minimum Gasteiger partial charge on any atom is -0.408 e. The first-order valence-electron chi connectivity index (χ1n) is 4.65. The molecule has 2 N–H and O–H groups in total. The Labute approximate surface area is 85.9 Å². The second kappa shape index (κ2) is 3.78. The van der Waals surface area contributed by atoms with E-state index in [1.54, 1.807) is 12.1 Å². The molecule has 1 heterocycles. The van der Waals surface area contributed by atoms with Crippen LogP contribution in [0.1, 0.15) is 0 Å². The molecule has 0 atom stereocenters. The van der Waals surface area contributed by atoms with Crippen molar-refractivity contribution in [3.63, 3.8) is 0 Å². The van der Waals surface area contributed by atoms with Crippen LogP contribution in [0.4, 0.5) is 5.69 Å². The van der Waals surface area contributed by atoms with Gasteiger partial charge in [0.05, 0.1) is 12.1 Å². The Hall–Kier alpha value is -1.75. The highest BCUT2D eigenvalue weighted by molar-refractivity contribution is 5.76. The van der Waals surface area contributed by atoms with Crippen molar-refractivity contribution in [1.82, 2.24) is 4.98 Å². The number of aromatic amines is 1. The average Bonchev–Trinajstić information content (AvgIpc) is 2.57. The summed E-state index contributed by atoms with van der Waals surface area (Å²) < 4.78 is 4.94. The number of H-pyrrole nitrogens is 1. The molecule has 0 spiro atoms. The number of hydrogen-bond donors (Lipinski definition) is 2. The van der Waals surface area contributed by atoms with Crippen LogP contribution in [-0.4, -0.2) is 30.3 Å². The molecule has 0 unspecified atom stereocenters. The minimum atomic E-state index is -0.452. The number of nitrogens with one attached hydrogen (secondary N) is 1. The first-order valence-corrected chi connectivity index (χ1v) is 4.65. The Morgan fingerprint density at radius 1 is 1.53 bits per heavy atom. The van der Waals surface area contributed by atoms with E-state index in [0.717, 1.165) is 5.69 Å². The number of oxazole rings is 1. The topological polar surface area (TPSA) is 69.5 Å². The summed E-state index contributed by atoms with van der Waals surface area (Å²) in [6.45, 7) is 0.631. The third-order valence-corrected chi connectivity index (χ3v) is 2.28. The molecule has 0 bridgehead atoms. The number of nitrogens with zero attached hydrogens (tertiary/aromatic N) is 1. The number of aliphatic hydroxyl groups excluding tert-OH is 1. The van der Waals surface area contributed by atoms with Gasteiger partial charge >= 0.3 is 5.76 Å². The largest absolute Gasteiger partial charge is 0.417 e. The van der Waals surface area contributed by atoms with Gasteiger partial charge in [-0.1, -0.05) is 0 Å². The van der Waals surface area contributed by atoms with Crippen molar-refractivity contribution in [3.05, 3.63) is 28.7 Å². The van der Waals surface area contributed by atoms with E-state index in [1.807, 2.05) is 18.0 Å². The number of likely N-dealkylation sites (N-methyl/N-ethyl adjacent to an activating group) is 1. The zero-order chi connectivity index (χ0) is 10.8. The molecule has 1 aromatic carbocycles. The monoisotopic (exact) mass is 208 g/mol. The van der Waals surface area contributed by atoms with E-state index in [-0.39, 0.29) is 6.61 Å².